The zero-order valence-electron chi connectivity index (χ0n) is 40.5. The van der Waals surface area contributed by atoms with Gasteiger partial charge in [0.15, 0.2) is 22.4 Å². The molecule has 2 amide bonds. The number of aliphatic hydroxyl groups excluding tert-OH is 3. The Morgan fingerprint density at radius 1 is 0.957 bits per heavy atom. The van der Waals surface area contributed by atoms with Crippen LogP contribution in [0.1, 0.15) is 73.8 Å². The van der Waals surface area contributed by atoms with Gasteiger partial charge in [-0.3, -0.25) is 24.0 Å². The highest BCUT2D eigenvalue weighted by Crippen LogP contribution is 2.42. The van der Waals surface area contributed by atoms with Crippen molar-refractivity contribution >= 4 is 67.9 Å². The Morgan fingerprint density at radius 3 is 2.30 bits per heavy atom. The highest BCUT2D eigenvalue weighted by atomic mass is 16.7. The Morgan fingerprint density at radius 2 is 1.65 bits per heavy atom. The molecule has 3 aromatic carbocycles. The number of aliphatic hydroxyl groups is 3. The molecule has 0 saturated carbocycles. The second-order valence-corrected chi connectivity index (χ2v) is 18.9. The van der Waals surface area contributed by atoms with E-state index in [1.165, 1.54) is 66.2 Å². The van der Waals surface area contributed by atoms with E-state index < -0.39 is 93.8 Å². The molecule has 6 N–H and O–H groups in total. The van der Waals surface area contributed by atoms with Gasteiger partial charge in [0.2, 0.25) is 16.8 Å². The summed E-state index contributed by atoms with van der Waals surface area (Å²) < 4.78 is 30.5. The summed E-state index contributed by atoms with van der Waals surface area (Å²) in [7, 11) is 1.44. The monoisotopic (exact) mass is 954 g/mol. The average molecular weight is 955 g/mol. The molecule has 0 spiro atoms. The number of esters is 1. The van der Waals surface area contributed by atoms with Crippen molar-refractivity contribution in [2.75, 3.05) is 37.0 Å². The molecule has 7 rings (SSSR count). The summed E-state index contributed by atoms with van der Waals surface area (Å²) in [4.78, 5) is 73.7. The summed E-state index contributed by atoms with van der Waals surface area (Å²) in [6, 6.07) is 3.07. The molecule has 18 nitrogen and oxygen atoms in total. The number of aromatic nitrogens is 1. The molecule has 4 heterocycles. The van der Waals surface area contributed by atoms with E-state index in [-0.39, 0.29) is 66.9 Å². The molecule has 18 heteroatoms. The number of amides is 2. The fraction of sp³-hybridized carbons (Fsp3) is 0.490. The molecule has 1 saturated heterocycles. The number of nitrogens with zero attached hydrogens (tertiary/aromatic N) is 2. The zero-order valence-corrected chi connectivity index (χ0v) is 40.5. The molecular weight excluding hydrogens is 893 g/mol. The minimum Gasteiger partial charge on any atom is -0.507 e. The van der Waals surface area contributed by atoms with E-state index in [1.54, 1.807) is 45.9 Å². The number of ether oxygens (including phenoxy) is 4. The van der Waals surface area contributed by atoms with Crippen molar-refractivity contribution in [1.82, 2.24) is 10.3 Å². The van der Waals surface area contributed by atoms with Crippen LogP contribution in [-0.4, -0.2) is 100 Å². The average Bonchev–Trinajstić information content (AvgIpc) is 3.58. The minimum atomic E-state index is -2.00. The van der Waals surface area contributed by atoms with E-state index in [0.29, 0.717) is 25.3 Å². The summed E-state index contributed by atoms with van der Waals surface area (Å²) in [5, 5.41) is 52.1. The van der Waals surface area contributed by atoms with E-state index in [4.69, 9.17) is 28.3 Å². The highest BCUT2D eigenvalue weighted by Gasteiger charge is 2.44. The quantitative estimate of drug-likeness (QED) is 0.0882. The number of allylic oxidation sites excluding steroid dienone is 2. The molecule has 69 heavy (non-hydrogen) atoms. The molecule has 1 fully saturated rings. The number of anilines is 2. The van der Waals surface area contributed by atoms with E-state index in [9.17, 15) is 44.4 Å². The van der Waals surface area contributed by atoms with Gasteiger partial charge in [-0.1, -0.05) is 45.9 Å². The van der Waals surface area contributed by atoms with Crippen molar-refractivity contribution in [2.45, 2.75) is 105 Å². The number of piperidine rings is 1. The fourth-order valence-electron chi connectivity index (χ4n) is 9.74. The maximum atomic E-state index is 14.9. The first-order valence-corrected chi connectivity index (χ1v) is 23.2. The highest BCUT2D eigenvalue weighted by molar-refractivity contribution is 6.17. The maximum absolute atomic E-state index is 14.9. The van der Waals surface area contributed by atoms with Gasteiger partial charge in [-0.25, -0.2) is 4.98 Å². The lowest BCUT2D eigenvalue weighted by Gasteiger charge is -2.38. The van der Waals surface area contributed by atoms with E-state index in [2.05, 4.69) is 10.6 Å². The van der Waals surface area contributed by atoms with Crippen LogP contribution in [0.2, 0.25) is 0 Å². The van der Waals surface area contributed by atoms with Crippen molar-refractivity contribution in [3.8, 4) is 11.5 Å². The number of fused-ring (bicyclic) bond motifs is 2. The van der Waals surface area contributed by atoms with E-state index >= 15 is 0 Å². The lowest BCUT2D eigenvalue weighted by molar-refractivity contribution is -0.160. The molecule has 3 aliphatic rings. The summed E-state index contributed by atoms with van der Waals surface area (Å²) in [6.45, 7) is 15.7. The van der Waals surface area contributed by atoms with Crippen LogP contribution in [0.25, 0.3) is 38.7 Å². The molecule has 370 valence electrons. The lowest BCUT2D eigenvalue weighted by atomic mass is 9.78. The van der Waals surface area contributed by atoms with Gasteiger partial charge in [0.05, 0.1) is 35.2 Å². The van der Waals surface area contributed by atoms with Gasteiger partial charge in [0.25, 0.3) is 5.91 Å². The van der Waals surface area contributed by atoms with Crippen molar-refractivity contribution in [2.24, 2.45) is 29.6 Å². The van der Waals surface area contributed by atoms with Gasteiger partial charge in [-0.15, -0.1) is 0 Å². The van der Waals surface area contributed by atoms with Crippen LogP contribution < -0.4 is 36.3 Å². The Balaban J connectivity index is 1.44. The molecule has 0 aliphatic carbocycles. The Kier molecular flexibility index (Phi) is 14.5. The topological polar surface area (TPSA) is 257 Å². The first-order valence-electron chi connectivity index (χ1n) is 23.2. The Bertz CT molecular complexity index is 2970. The zero-order chi connectivity index (χ0) is 50.4. The van der Waals surface area contributed by atoms with Gasteiger partial charge >= 0.3 is 11.8 Å². The number of nitrogens with one attached hydrogen (secondary N) is 2. The van der Waals surface area contributed by atoms with Crippen LogP contribution in [0.3, 0.4) is 0 Å². The fourth-order valence-corrected chi connectivity index (χ4v) is 9.74. The van der Waals surface area contributed by atoms with Gasteiger partial charge < -0.3 is 59.3 Å². The van der Waals surface area contributed by atoms with Gasteiger partial charge in [-0.2, -0.15) is 0 Å². The van der Waals surface area contributed by atoms with Crippen LogP contribution in [-0.2, 0) is 28.6 Å². The standard InChI is InChI=1S/C51H62N4O14/c1-23-12-11-13-24(2)50(64)54-41-45(62)37-36(40-48(41)68-35-21-32(20-33(58)39(35)53-40)55-17-14-31(15-18-55)22-52-29(7)56)38-47(28(6)44(37)61)69-51(9,49(38)63)66-19-16-34(65-10)25(3)46(67-30(8)57)27(5)43(60)26(4)42(23)59/h11-13,16,19-21,23,25-27,31,34,42-43,46,59-61,63H,14-15,17-18,22H2,1-10H3,(H,52,56)(H,54,64)/b12-11+,19-16+,24-13-/t23-,25+,26+,27+,34-,42-,43+,46+,51-/m0/s1. The number of methoxy groups -OCH3 is 1. The van der Waals surface area contributed by atoms with Crippen molar-refractivity contribution < 1.29 is 58.2 Å². The summed E-state index contributed by atoms with van der Waals surface area (Å²) >= 11 is 0. The van der Waals surface area contributed by atoms with Crippen molar-refractivity contribution in [3.05, 3.63) is 79.5 Å². The molecule has 9 atom stereocenters. The summed E-state index contributed by atoms with van der Waals surface area (Å²) in [5.74, 6) is -6.92. The third-order valence-electron chi connectivity index (χ3n) is 14.0. The molecule has 1 aromatic heterocycles. The predicted molar refractivity (Wildman–Crippen MR) is 259 cm³/mol. The molecule has 0 radical (unpaired) electrons. The first kappa shape index (κ1) is 50.4. The first-order chi connectivity index (χ1) is 32.6. The van der Waals surface area contributed by atoms with E-state index in [1.807, 2.05) is 4.90 Å². The molecule has 0 unspecified atom stereocenters. The number of rotatable bonds is 5. The lowest BCUT2D eigenvalue weighted by Crippen LogP contribution is -2.46. The third kappa shape index (κ3) is 9.61. The minimum absolute atomic E-state index is 0.00197. The Hall–Kier alpha value is -6.50. The normalized spacial score (nSPS) is 29.0. The SMILES string of the molecule is CO[C@H]1/C=C/O[C@@]2(C)Oc3c(C)c(O)c4c(=O)c(c5oc6cc(N7CCC(CNC(C)=O)CC7)cc(=O)c6nc5c4c3=C2O)NC(=O)/C(C)=C\C=C\[C@H](C)[C@H](O)[C@@H](C)[C@@H](O)[C@@H](C)[C@H](OC(C)=O)[C@@H]1C. The number of benzene rings is 3. The smallest absolute Gasteiger partial charge is 0.307 e. The Labute approximate surface area is 398 Å². The van der Waals surface area contributed by atoms with Crippen LogP contribution in [0.15, 0.2) is 62.3 Å². The van der Waals surface area contributed by atoms with Crippen LogP contribution >= 0.6 is 0 Å². The van der Waals surface area contributed by atoms with Crippen molar-refractivity contribution in [1.29, 1.82) is 0 Å². The van der Waals surface area contributed by atoms with Crippen LogP contribution in [0.5, 0.6) is 11.5 Å². The van der Waals surface area contributed by atoms with Gasteiger partial charge in [0.1, 0.15) is 28.8 Å². The van der Waals surface area contributed by atoms with E-state index in [0.717, 1.165) is 12.8 Å². The molecule has 4 aromatic rings. The van der Waals surface area contributed by atoms with Gasteiger partial charge in [-0.05, 0) is 38.7 Å². The van der Waals surface area contributed by atoms with Crippen LogP contribution in [0, 0.1) is 36.5 Å². The second-order valence-electron chi connectivity index (χ2n) is 18.9. The van der Waals surface area contributed by atoms with Crippen molar-refractivity contribution in [3.63, 3.8) is 0 Å². The summed E-state index contributed by atoms with van der Waals surface area (Å²) in [5.41, 5.74) is -1.66. The number of hydrogen-bond donors (Lipinski definition) is 6. The summed E-state index contributed by atoms with van der Waals surface area (Å²) in [6.07, 6.45) is 4.96. The number of carbonyl (C=O) groups excluding carboxylic acids is 3. The predicted octanol–water partition coefficient (Wildman–Crippen LogP) is 4.91. The maximum Gasteiger partial charge on any atom is 0.307 e. The molecular formula is C51H62N4O14. The number of phenolic OH excluding ortho intramolecular Hbond substituents is 1. The van der Waals surface area contributed by atoms with Gasteiger partial charge in [0, 0.05) is 106 Å². The largest absolute Gasteiger partial charge is 0.507 e. The second kappa shape index (κ2) is 19.8. The van der Waals surface area contributed by atoms with Crippen LogP contribution in [0.4, 0.5) is 11.4 Å². The number of hydrogen-bond acceptors (Lipinski definition) is 16. The number of carbonyl (C=O) groups is 3. The third-order valence-corrected chi connectivity index (χ3v) is 14.0. The number of phenols is 1. The number of aromatic hydroxyl groups is 1. The molecule has 4 bridgehead atoms. The molecule has 3 aliphatic heterocycles.